The fourth-order valence-electron chi connectivity index (χ4n) is 2.55. The van der Waals surface area contributed by atoms with Gasteiger partial charge in [0, 0.05) is 11.7 Å². The SMILES string of the molecule is CCC1CCC(Nc2cccc(C(=O)O)c2)C1. The van der Waals surface area contributed by atoms with Gasteiger partial charge in [0.15, 0.2) is 0 Å². The zero-order chi connectivity index (χ0) is 12.3. The Morgan fingerprint density at radius 3 is 2.94 bits per heavy atom. The minimum atomic E-state index is -0.869. The maximum atomic E-state index is 10.9. The fourth-order valence-corrected chi connectivity index (χ4v) is 2.55. The molecule has 2 N–H and O–H groups in total. The number of nitrogens with one attached hydrogen (secondary N) is 1. The number of carboxylic acids is 1. The first-order chi connectivity index (χ1) is 8.19. The first kappa shape index (κ1) is 12.0. The minimum Gasteiger partial charge on any atom is -0.478 e. The van der Waals surface area contributed by atoms with Gasteiger partial charge in [-0.15, -0.1) is 0 Å². The van der Waals surface area contributed by atoms with Crippen molar-refractivity contribution < 1.29 is 9.90 Å². The van der Waals surface area contributed by atoms with Crippen LogP contribution in [-0.4, -0.2) is 17.1 Å². The van der Waals surface area contributed by atoms with Crippen molar-refractivity contribution in [3.8, 4) is 0 Å². The van der Waals surface area contributed by atoms with Crippen molar-refractivity contribution in [1.29, 1.82) is 0 Å². The fraction of sp³-hybridized carbons (Fsp3) is 0.500. The lowest BCUT2D eigenvalue weighted by Gasteiger charge is -2.14. The van der Waals surface area contributed by atoms with Crippen LogP contribution in [0.2, 0.25) is 0 Å². The summed E-state index contributed by atoms with van der Waals surface area (Å²) < 4.78 is 0. The van der Waals surface area contributed by atoms with Crippen LogP contribution >= 0.6 is 0 Å². The molecule has 0 amide bonds. The Morgan fingerprint density at radius 2 is 2.29 bits per heavy atom. The highest BCUT2D eigenvalue weighted by molar-refractivity contribution is 5.88. The van der Waals surface area contributed by atoms with E-state index >= 15 is 0 Å². The number of hydrogen-bond acceptors (Lipinski definition) is 2. The Kier molecular flexibility index (Phi) is 3.67. The predicted molar refractivity (Wildman–Crippen MR) is 68.4 cm³/mol. The predicted octanol–water partition coefficient (Wildman–Crippen LogP) is 3.38. The van der Waals surface area contributed by atoms with Crippen LogP contribution in [0.4, 0.5) is 5.69 Å². The van der Waals surface area contributed by atoms with Crippen molar-refractivity contribution in [3.05, 3.63) is 29.8 Å². The summed E-state index contributed by atoms with van der Waals surface area (Å²) in [4.78, 5) is 10.9. The topological polar surface area (TPSA) is 49.3 Å². The van der Waals surface area contributed by atoms with E-state index in [9.17, 15) is 4.79 Å². The lowest BCUT2D eigenvalue weighted by atomic mass is 10.1. The first-order valence-electron chi connectivity index (χ1n) is 6.29. The normalized spacial score (nSPS) is 23.6. The van der Waals surface area contributed by atoms with Gasteiger partial charge < -0.3 is 10.4 Å². The van der Waals surface area contributed by atoms with Gasteiger partial charge in [0.05, 0.1) is 5.56 Å². The number of carboxylic acid groups (broad SMARTS) is 1. The molecule has 1 saturated carbocycles. The van der Waals surface area contributed by atoms with Gasteiger partial charge in [0.25, 0.3) is 0 Å². The minimum absolute atomic E-state index is 0.347. The highest BCUT2D eigenvalue weighted by atomic mass is 16.4. The molecule has 0 saturated heterocycles. The monoisotopic (exact) mass is 233 g/mol. The van der Waals surface area contributed by atoms with E-state index in [0.717, 1.165) is 11.6 Å². The molecule has 0 aromatic heterocycles. The van der Waals surface area contributed by atoms with Crippen LogP contribution in [0.5, 0.6) is 0 Å². The largest absolute Gasteiger partial charge is 0.478 e. The second kappa shape index (κ2) is 5.21. The molecule has 92 valence electrons. The highest BCUT2D eigenvalue weighted by Gasteiger charge is 2.23. The smallest absolute Gasteiger partial charge is 0.335 e. The standard InChI is InChI=1S/C14H19NO2/c1-2-10-6-7-13(8-10)15-12-5-3-4-11(9-12)14(16)17/h3-5,9-10,13,15H,2,6-8H2,1H3,(H,16,17). The highest BCUT2D eigenvalue weighted by Crippen LogP contribution is 2.30. The van der Waals surface area contributed by atoms with E-state index in [1.807, 2.05) is 6.07 Å². The number of carbonyl (C=O) groups is 1. The van der Waals surface area contributed by atoms with E-state index in [4.69, 9.17) is 5.11 Å². The Balaban J connectivity index is 1.99. The maximum absolute atomic E-state index is 10.9. The zero-order valence-electron chi connectivity index (χ0n) is 10.1. The van der Waals surface area contributed by atoms with Crippen molar-refractivity contribution in [2.75, 3.05) is 5.32 Å². The Labute approximate surface area is 102 Å². The van der Waals surface area contributed by atoms with E-state index in [1.165, 1.54) is 25.7 Å². The third-order valence-corrected chi connectivity index (χ3v) is 3.60. The molecule has 2 rings (SSSR count). The molecule has 0 aliphatic heterocycles. The van der Waals surface area contributed by atoms with E-state index in [2.05, 4.69) is 12.2 Å². The molecule has 0 radical (unpaired) electrons. The molecule has 0 bridgehead atoms. The van der Waals surface area contributed by atoms with Crippen LogP contribution < -0.4 is 5.32 Å². The van der Waals surface area contributed by atoms with Crippen LogP contribution in [-0.2, 0) is 0 Å². The van der Waals surface area contributed by atoms with Crippen molar-refractivity contribution in [1.82, 2.24) is 0 Å². The van der Waals surface area contributed by atoms with Crippen LogP contribution in [0.1, 0.15) is 43.0 Å². The summed E-state index contributed by atoms with van der Waals surface area (Å²) in [6, 6.07) is 7.56. The molecule has 0 heterocycles. The van der Waals surface area contributed by atoms with E-state index in [0.29, 0.717) is 11.6 Å². The molecule has 17 heavy (non-hydrogen) atoms. The second-order valence-electron chi connectivity index (χ2n) is 4.81. The molecule has 2 atom stereocenters. The van der Waals surface area contributed by atoms with Gasteiger partial charge >= 0.3 is 5.97 Å². The number of benzene rings is 1. The molecule has 1 aromatic rings. The van der Waals surface area contributed by atoms with Gasteiger partial charge in [-0.05, 0) is 43.4 Å². The van der Waals surface area contributed by atoms with Crippen molar-refractivity contribution in [2.45, 2.75) is 38.6 Å². The Hall–Kier alpha value is -1.51. The summed E-state index contributed by atoms with van der Waals surface area (Å²) in [5, 5.41) is 12.4. The second-order valence-corrected chi connectivity index (χ2v) is 4.81. The average Bonchev–Trinajstić information content (AvgIpc) is 2.77. The summed E-state index contributed by atoms with van der Waals surface area (Å²) in [7, 11) is 0. The zero-order valence-corrected chi connectivity index (χ0v) is 10.1. The average molecular weight is 233 g/mol. The van der Waals surface area contributed by atoms with E-state index < -0.39 is 5.97 Å². The molecular formula is C14H19NO2. The van der Waals surface area contributed by atoms with E-state index in [1.54, 1.807) is 18.2 Å². The number of hydrogen-bond donors (Lipinski definition) is 2. The lowest BCUT2D eigenvalue weighted by molar-refractivity contribution is 0.0697. The Morgan fingerprint density at radius 1 is 1.47 bits per heavy atom. The first-order valence-corrected chi connectivity index (χ1v) is 6.29. The van der Waals surface area contributed by atoms with Crippen LogP contribution in [0, 0.1) is 5.92 Å². The van der Waals surface area contributed by atoms with Crippen molar-refractivity contribution in [2.24, 2.45) is 5.92 Å². The number of rotatable bonds is 4. The van der Waals surface area contributed by atoms with Gasteiger partial charge in [0.1, 0.15) is 0 Å². The molecule has 1 aliphatic rings. The van der Waals surface area contributed by atoms with Gasteiger partial charge in [0.2, 0.25) is 0 Å². The van der Waals surface area contributed by atoms with Crippen LogP contribution in [0.3, 0.4) is 0 Å². The van der Waals surface area contributed by atoms with Crippen molar-refractivity contribution >= 4 is 11.7 Å². The lowest BCUT2D eigenvalue weighted by Crippen LogP contribution is -2.15. The number of aromatic carboxylic acids is 1. The molecule has 1 aromatic carbocycles. The summed E-state index contributed by atoms with van der Waals surface area (Å²) in [5.74, 6) is -0.0401. The van der Waals surface area contributed by atoms with Crippen molar-refractivity contribution in [3.63, 3.8) is 0 Å². The van der Waals surface area contributed by atoms with Gasteiger partial charge in [-0.2, -0.15) is 0 Å². The Bertz CT molecular complexity index is 403. The molecular weight excluding hydrogens is 214 g/mol. The molecule has 0 spiro atoms. The summed E-state index contributed by atoms with van der Waals surface area (Å²) in [6.45, 7) is 2.23. The van der Waals surface area contributed by atoms with E-state index in [-0.39, 0.29) is 0 Å². The summed E-state index contributed by atoms with van der Waals surface area (Å²) in [5.41, 5.74) is 1.27. The molecule has 1 fully saturated rings. The molecule has 3 heteroatoms. The van der Waals surface area contributed by atoms with Crippen LogP contribution in [0.25, 0.3) is 0 Å². The summed E-state index contributed by atoms with van der Waals surface area (Å²) in [6.07, 6.45) is 4.92. The van der Waals surface area contributed by atoms with Crippen LogP contribution in [0.15, 0.2) is 24.3 Å². The number of anilines is 1. The molecule has 2 unspecified atom stereocenters. The summed E-state index contributed by atoms with van der Waals surface area (Å²) >= 11 is 0. The third kappa shape index (κ3) is 2.99. The van der Waals surface area contributed by atoms with Gasteiger partial charge in [-0.3, -0.25) is 0 Å². The molecule has 1 aliphatic carbocycles. The third-order valence-electron chi connectivity index (χ3n) is 3.60. The van der Waals surface area contributed by atoms with Gasteiger partial charge in [-0.1, -0.05) is 19.4 Å². The molecule has 3 nitrogen and oxygen atoms in total. The maximum Gasteiger partial charge on any atom is 0.335 e. The van der Waals surface area contributed by atoms with Gasteiger partial charge in [-0.25, -0.2) is 4.79 Å². The quantitative estimate of drug-likeness (QED) is 0.838.